The Morgan fingerprint density at radius 3 is 1.45 bits per heavy atom. The van der Waals surface area contributed by atoms with Crippen LogP contribution in [0, 0.1) is 0 Å². The van der Waals surface area contributed by atoms with Crippen molar-refractivity contribution < 1.29 is 56.2 Å². The van der Waals surface area contributed by atoms with Gasteiger partial charge in [-0.3, -0.25) is 9.35 Å². The average molecular weight is 811 g/mol. The average Bonchev–Trinajstić information content (AvgIpc) is 3.15. The van der Waals surface area contributed by atoms with Gasteiger partial charge in [0.05, 0.1) is 19.8 Å². The van der Waals surface area contributed by atoms with Crippen LogP contribution in [0.4, 0.5) is 0 Å². The molecule has 6 unspecified atom stereocenters. The van der Waals surface area contributed by atoms with Crippen molar-refractivity contribution in [2.75, 3.05) is 26.4 Å². The zero-order valence-electron chi connectivity index (χ0n) is 34.8. The van der Waals surface area contributed by atoms with Crippen LogP contribution in [0.5, 0.6) is 0 Å². The van der Waals surface area contributed by atoms with Crippen LogP contribution in [0.2, 0.25) is 0 Å². The normalized spacial score (nSPS) is 20.9. The molecule has 0 aromatic rings. The number of rotatable bonds is 39. The van der Waals surface area contributed by atoms with Crippen molar-refractivity contribution in [2.24, 2.45) is 0 Å². The van der Waals surface area contributed by atoms with E-state index in [2.05, 4.69) is 18.0 Å². The highest BCUT2D eigenvalue weighted by Gasteiger charge is 2.48. The van der Waals surface area contributed by atoms with Crippen LogP contribution in [-0.4, -0.2) is 97.5 Å². The molecular formula is C42H82O12S. The van der Waals surface area contributed by atoms with Gasteiger partial charge in [0, 0.05) is 13.0 Å². The quantitative estimate of drug-likeness (QED) is 0.0264. The lowest BCUT2D eigenvalue weighted by molar-refractivity contribution is -0.301. The fourth-order valence-electron chi connectivity index (χ4n) is 7.09. The summed E-state index contributed by atoms with van der Waals surface area (Å²) in [4.78, 5) is 12.7. The van der Waals surface area contributed by atoms with Gasteiger partial charge in [-0.15, -0.1) is 0 Å². The van der Waals surface area contributed by atoms with E-state index in [0.717, 1.165) is 38.5 Å². The summed E-state index contributed by atoms with van der Waals surface area (Å²) in [5, 5.41) is 30.6. The third-order valence-electron chi connectivity index (χ3n) is 10.5. The minimum atomic E-state index is -5.05. The maximum absolute atomic E-state index is 12.7. The summed E-state index contributed by atoms with van der Waals surface area (Å²) in [7, 11) is -5.05. The molecule has 4 N–H and O–H groups in total. The van der Waals surface area contributed by atoms with E-state index in [4.69, 9.17) is 23.5 Å². The van der Waals surface area contributed by atoms with Crippen molar-refractivity contribution in [3.8, 4) is 0 Å². The van der Waals surface area contributed by atoms with Crippen molar-refractivity contribution >= 4 is 16.4 Å². The largest absolute Gasteiger partial charge is 0.457 e. The molecule has 0 radical (unpaired) electrons. The van der Waals surface area contributed by atoms with Crippen LogP contribution in [0.15, 0.2) is 0 Å². The maximum atomic E-state index is 12.7. The molecule has 0 aliphatic carbocycles. The first kappa shape index (κ1) is 52.1. The van der Waals surface area contributed by atoms with E-state index in [1.54, 1.807) is 0 Å². The smallest absolute Gasteiger partial charge is 0.397 e. The van der Waals surface area contributed by atoms with Crippen molar-refractivity contribution in [3.05, 3.63) is 0 Å². The molecule has 55 heavy (non-hydrogen) atoms. The standard InChI is InChI=1S/C42H82O12S/c1-3-5-7-9-11-13-14-15-16-17-18-19-20-21-22-24-26-28-30-32-50-34-36(52-38(44)31-29-27-25-23-12-10-8-6-4-2)35-51-42-40(46)41(54-55(47,48)49)39(45)37(33-43)53-42/h36-37,39-43,45-46H,3-35H2,1-2H3,(H,47,48,49). The topological polar surface area (TPSA) is 178 Å². The van der Waals surface area contributed by atoms with Gasteiger partial charge >= 0.3 is 16.4 Å². The van der Waals surface area contributed by atoms with Crippen LogP contribution in [0.3, 0.4) is 0 Å². The molecule has 1 rings (SSSR count). The van der Waals surface area contributed by atoms with Crippen molar-refractivity contribution in [3.63, 3.8) is 0 Å². The number of carbonyl (C=O) groups is 1. The molecule has 1 saturated heterocycles. The minimum Gasteiger partial charge on any atom is -0.457 e. The number of carbonyl (C=O) groups excluding carboxylic acids is 1. The highest BCUT2D eigenvalue weighted by Crippen LogP contribution is 2.26. The molecule has 0 spiro atoms. The van der Waals surface area contributed by atoms with E-state index in [1.807, 2.05) is 0 Å². The second-order valence-corrected chi connectivity index (χ2v) is 16.7. The summed E-state index contributed by atoms with van der Waals surface area (Å²) in [6, 6.07) is 0. The lowest BCUT2D eigenvalue weighted by atomic mass is 9.99. The number of hydrogen-bond acceptors (Lipinski definition) is 11. The molecule has 12 nitrogen and oxygen atoms in total. The van der Waals surface area contributed by atoms with Crippen LogP contribution in [-0.2, 0) is 38.3 Å². The number of aliphatic hydroxyl groups is 3. The van der Waals surface area contributed by atoms with Gasteiger partial charge in [0.15, 0.2) is 6.29 Å². The summed E-state index contributed by atoms with van der Waals surface area (Å²) in [5.74, 6) is -0.398. The Bertz CT molecular complexity index is 984. The van der Waals surface area contributed by atoms with E-state index in [-0.39, 0.29) is 19.6 Å². The Balaban J connectivity index is 2.36. The molecule has 1 aliphatic rings. The van der Waals surface area contributed by atoms with Crippen LogP contribution in [0.25, 0.3) is 0 Å². The summed E-state index contributed by atoms with van der Waals surface area (Å²) in [5.41, 5.74) is 0. The van der Waals surface area contributed by atoms with E-state index in [9.17, 15) is 28.5 Å². The molecule has 1 fully saturated rings. The molecule has 0 aromatic carbocycles. The zero-order valence-corrected chi connectivity index (χ0v) is 35.6. The van der Waals surface area contributed by atoms with E-state index in [1.165, 1.54) is 135 Å². The van der Waals surface area contributed by atoms with Gasteiger partial charge < -0.3 is 34.3 Å². The molecule has 0 amide bonds. The predicted molar refractivity (Wildman–Crippen MR) is 216 cm³/mol. The number of esters is 1. The van der Waals surface area contributed by atoms with Gasteiger partial charge in [-0.2, -0.15) is 8.42 Å². The molecule has 1 aliphatic heterocycles. The lowest BCUT2D eigenvalue weighted by Gasteiger charge is -2.41. The van der Waals surface area contributed by atoms with Gasteiger partial charge in [0.25, 0.3) is 0 Å². The van der Waals surface area contributed by atoms with Gasteiger partial charge in [-0.25, -0.2) is 4.18 Å². The summed E-state index contributed by atoms with van der Waals surface area (Å²) in [6.07, 6.45) is 25.8. The SMILES string of the molecule is CCCCCCCCCCCCCCCCCCCCCOCC(COC1OC(CO)C(O)C(OS(=O)(=O)O)C1O)OC(=O)CCCCCCCCCCC. The number of unbranched alkanes of at least 4 members (excludes halogenated alkanes) is 26. The first-order valence-corrected chi connectivity index (χ1v) is 23.7. The van der Waals surface area contributed by atoms with Crippen LogP contribution in [0.1, 0.15) is 200 Å². The fourth-order valence-corrected chi connectivity index (χ4v) is 7.59. The van der Waals surface area contributed by atoms with Gasteiger partial charge in [0.2, 0.25) is 0 Å². The maximum Gasteiger partial charge on any atom is 0.397 e. The first-order valence-electron chi connectivity index (χ1n) is 22.3. The van der Waals surface area contributed by atoms with E-state index in [0.29, 0.717) is 13.0 Å². The second kappa shape index (κ2) is 35.1. The molecule has 13 heteroatoms. The van der Waals surface area contributed by atoms with Crippen LogP contribution >= 0.6 is 0 Å². The summed E-state index contributed by atoms with van der Waals surface area (Å²) < 4.78 is 58.9. The minimum absolute atomic E-state index is 0.0440. The number of ether oxygens (including phenoxy) is 4. The molecule has 328 valence electrons. The van der Waals surface area contributed by atoms with Gasteiger partial charge in [-0.1, -0.05) is 181 Å². The van der Waals surface area contributed by atoms with E-state index < -0.39 is 59.8 Å². The Morgan fingerprint density at radius 1 is 0.618 bits per heavy atom. The monoisotopic (exact) mass is 811 g/mol. The molecule has 1 heterocycles. The number of hydrogen-bond donors (Lipinski definition) is 4. The first-order chi connectivity index (χ1) is 26.6. The predicted octanol–water partition coefficient (Wildman–Crippen LogP) is 8.91. The third-order valence-corrected chi connectivity index (χ3v) is 10.9. The molecular weight excluding hydrogens is 729 g/mol. The zero-order chi connectivity index (χ0) is 40.4. The highest BCUT2D eigenvalue weighted by atomic mass is 32.3. The van der Waals surface area contributed by atoms with E-state index >= 15 is 0 Å². The van der Waals surface area contributed by atoms with Gasteiger partial charge in [-0.05, 0) is 12.8 Å². The van der Waals surface area contributed by atoms with Crippen molar-refractivity contribution in [1.82, 2.24) is 0 Å². The summed E-state index contributed by atoms with van der Waals surface area (Å²) >= 11 is 0. The van der Waals surface area contributed by atoms with Crippen molar-refractivity contribution in [2.45, 2.75) is 237 Å². The van der Waals surface area contributed by atoms with Crippen LogP contribution < -0.4 is 0 Å². The molecule has 0 bridgehead atoms. The Morgan fingerprint density at radius 2 is 1.04 bits per heavy atom. The molecule has 0 aromatic heterocycles. The third kappa shape index (κ3) is 29.0. The Kier molecular flexibility index (Phi) is 33.2. The Hall–Kier alpha value is -0.900. The number of aliphatic hydroxyl groups excluding tert-OH is 3. The summed E-state index contributed by atoms with van der Waals surface area (Å²) in [6.45, 7) is 3.99. The second-order valence-electron chi connectivity index (χ2n) is 15.7. The van der Waals surface area contributed by atoms with Crippen molar-refractivity contribution in [1.29, 1.82) is 0 Å². The highest BCUT2D eigenvalue weighted by molar-refractivity contribution is 7.80. The Labute approximate surface area is 335 Å². The van der Waals surface area contributed by atoms with Gasteiger partial charge in [0.1, 0.15) is 30.5 Å². The molecule has 0 saturated carbocycles. The fraction of sp³-hybridized carbons (Fsp3) is 0.976. The lowest BCUT2D eigenvalue weighted by Crippen LogP contribution is -2.60. The molecule has 6 atom stereocenters.